The SMILES string of the molecule is CC(=O)N1CCc2cc(C(=O)Nc3cccc4ncccc34)ccc21. The number of aromatic nitrogens is 1. The van der Waals surface area contributed by atoms with Crippen LogP contribution in [0.3, 0.4) is 0 Å². The van der Waals surface area contributed by atoms with Crippen LogP contribution in [0.2, 0.25) is 0 Å². The third kappa shape index (κ3) is 2.74. The fourth-order valence-corrected chi connectivity index (χ4v) is 3.28. The monoisotopic (exact) mass is 331 g/mol. The van der Waals surface area contributed by atoms with Gasteiger partial charge in [0.2, 0.25) is 5.91 Å². The van der Waals surface area contributed by atoms with E-state index < -0.39 is 0 Å². The van der Waals surface area contributed by atoms with Gasteiger partial charge in [-0.05, 0) is 54.4 Å². The van der Waals surface area contributed by atoms with E-state index in [0.29, 0.717) is 12.1 Å². The Kier molecular flexibility index (Phi) is 3.69. The Morgan fingerprint density at radius 2 is 2.00 bits per heavy atom. The van der Waals surface area contributed by atoms with Crippen LogP contribution < -0.4 is 10.2 Å². The number of nitrogens with one attached hydrogen (secondary N) is 1. The molecule has 0 atom stereocenters. The Labute approximate surface area is 145 Å². The van der Waals surface area contributed by atoms with Gasteiger partial charge in [-0.3, -0.25) is 14.6 Å². The fourth-order valence-electron chi connectivity index (χ4n) is 3.28. The highest BCUT2D eigenvalue weighted by molar-refractivity contribution is 6.09. The molecular weight excluding hydrogens is 314 g/mol. The van der Waals surface area contributed by atoms with E-state index in [1.807, 2.05) is 42.5 Å². The molecule has 0 bridgehead atoms. The van der Waals surface area contributed by atoms with Crippen molar-refractivity contribution < 1.29 is 9.59 Å². The maximum atomic E-state index is 12.7. The van der Waals surface area contributed by atoms with Crippen molar-refractivity contribution in [2.45, 2.75) is 13.3 Å². The molecule has 0 aliphatic carbocycles. The molecule has 124 valence electrons. The molecule has 4 rings (SSSR count). The molecule has 3 aromatic rings. The summed E-state index contributed by atoms with van der Waals surface area (Å²) in [5.41, 5.74) is 4.10. The summed E-state index contributed by atoms with van der Waals surface area (Å²) in [6.45, 7) is 2.23. The Balaban J connectivity index is 1.63. The molecular formula is C20H17N3O2. The summed E-state index contributed by atoms with van der Waals surface area (Å²) in [5, 5.41) is 3.87. The van der Waals surface area contributed by atoms with E-state index in [-0.39, 0.29) is 11.8 Å². The van der Waals surface area contributed by atoms with Gasteiger partial charge in [0.05, 0.1) is 11.2 Å². The molecule has 2 amide bonds. The highest BCUT2D eigenvalue weighted by Gasteiger charge is 2.23. The topological polar surface area (TPSA) is 62.3 Å². The molecule has 2 heterocycles. The Bertz CT molecular complexity index is 992. The zero-order chi connectivity index (χ0) is 17.4. The Morgan fingerprint density at radius 3 is 2.84 bits per heavy atom. The summed E-state index contributed by atoms with van der Waals surface area (Å²) < 4.78 is 0. The van der Waals surface area contributed by atoms with Gasteiger partial charge in [0.15, 0.2) is 0 Å². The first kappa shape index (κ1) is 15.3. The van der Waals surface area contributed by atoms with Gasteiger partial charge in [-0.2, -0.15) is 0 Å². The molecule has 5 heteroatoms. The average Bonchev–Trinajstić information content (AvgIpc) is 3.05. The minimum absolute atomic E-state index is 0.0270. The van der Waals surface area contributed by atoms with Crippen LogP contribution in [0.1, 0.15) is 22.8 Å². The number of carbonyl (C=O) groups excluding carboxylic acids is 2. The van der Waals surface area contributed by atoms with E-state index in [4.69, 9.17) is 0 Å². The smallest absolute Gasteiger partial charge is 0.255 e. The molecule has 0 unspecified atom stereocenters. The van der Waals surface area contributed by atoms with Gasteiger partial charge in [0, 0.05) is 36.3 Å². The lowest BCUT2D eigenvalue weighted by Gasteiger charge is -2.15. The van der Waals surface area contributed by atoms with Crippen LogP contribution in [0.15, 0.2) is 54.7 Å². The van der Waals surface area contributed by atoms with Crippen LogP contribution in [0.5, 0.6) is 0 Å². The van der Waals surface area contributed by atoms with Gasteiger partial charge < -0.3 is 10.2 Å². The van der Waals surface area contributed by atoms with E-state index in [0.717, 1.165) is 34.3 Å². The predicted molar refractivity (Wildman–Crippen MR) is 97.9 cm³/mol. The molecule has 0 fully saturated rings. The zero-order valence-corrected chi connectivity index (χ0v) is 13.8. The summed E-state index contributed by atoms with van der Waals surface area (Å²) in [7, 11) is 0. The molecule has 25 heavy (non-hydrogen) atoms. The number of carbonyl (C=O) groups is 2. The van der Waals surface area contributed by atoms with E-state index >= 15 is 0 Å². The molecule has 1 aliphatic rings. The van der Waals surface area contributed by atoms with Crippen molar-refractivity contribution in [3.8, 4) is 0 Å². The minimum atomic E-state index is -0.166. The van der Waals surface area contributed by atoms with E-state index in [2.05, 4.69) is 10.3 Å². The number of rotatable bonds is 2. The number of pyridine rings is 1. The first-order valence-electron chi connectivity index (χ1n) is 8.19. The molecule has 5 nitrogen and oxygen atoms in total. The second kappa shape index (κ2) is 6.02. The van der Waals surface area contributed by atoms with Crippen LogP contribution in [0.4, 0.5) is 11.4 Å². The largest absolute Gasteiger partial charge is 0.321 e. The minimum Gasteiger partial charge on any atom is -0.321 e. The van der Waals surface area contributed by atoms with Gasteiger partial charge in [-0.15, -0.1) is 0 Å². The quantitative estimate of drug-likeness (QED) is 0.783. The maximum absolute atomic E-state index is 12.7. The molecule has 0 spiro atoms. The molecule has 1 aliphatic heterocycles. The molecule has 0 radical (unpaired) electrons. The molecule has 2 aromatic carbocycles. The second-order valence-corrected chi connectivity index (χ2v) is 6.09. The van der Waals surface area contributed by atoms with Crippen molar-refractivity contribution in [1.82, 2.24) is 4.98 Å². The predicted octanol–water partition coefficient (Wildman–Crippen LogP) is 3.40. The summed E-state index contributed by atoms with van der Waals surface area (Å²) in [4.78, 5) is 30.3. The highest BCUT2D eigenvalue weighted by atomic mass is 16.2. The number of hydrogen-bond donors (Lipinski definition) is 1. The number of nitrogens with zero attached hydrogens (tertiary/aromatic N) is 2. The van der Waals surface area contributed by atoms with E-state index in [9.17, 15) is 9.59 Å². The lowest BCUT2D eigenvalue weighted by molar-refractivity contribution is -0.116. The second-order valence-electron chi connectivity index (χ2n) is 6.09. The van der Waals surface area contributed by atoms with E-state index in [1.54, 1.807) is 24.1 Å². The van der Waals surface area contributed by atoms with E-state index in [1.165, 1.54) is 0 Å². The van der Waals surface area contributed by atoms with Crippen molar-refractivity contribution in [2.24, 2.45) is 0 Å². The highest BCUT2D eigenvalue weighted by Crippen LogP contribution is 2.29. The van der Waals surface area contributed by atoms with Crippen molar-refractivity contribution in [3.63, 3.8) is 0 Å². The summed E-state index contributed by atoms with van der Waals surface area (Å²) in [5.74, 6) is -0.139. The van der Waals surface area contributed by atoms with Crippen molar-refractivity contribution in [1.29, 1.82) is 0 Å². The molecule has 0 saturated carbocycles. The lowest BCUT2D eigenvalue weighted by Crippen LogP contribution is -2.25. The molecule has 1 N–H and O–H groups in total. The van der Waals surface area contributed by atoms with Gasteiger partial charge in [0.25, 0.3) is 5.91 Å². The Morgan fingerprint density at radius 1 is 1.12 bits per heavy atom. The summed E-state index contributed by atoms with van der Waals surface area (Å²) >= 11 is 0. The van der Waals surface area contributed by atoms with Crippen molar-refractivity contribution in [3.05, 3.63) is 65.9 Å². The first-order valence-corrected chi connectivity index (χ1v) is 8.19. The lowest BCUT2D eigenvalue weighted by atomic mass is 10.1. The zero-order valence-electron chi connectivity index (χ0n) is 13.8. The normalized spacial score (nSPS) is 12.9. The van der Waals surface area contributed by atoms with Crippen molar-refractivity contribution in [2.75, 3.05) is 16.8 Å². The summed E-state index contributed by atoms with van der Waals surface area (Å²) in [6.07, 6.45) is 2.50. The molecule has 0 saturated heterocycles. The van der Waals surface area contributed by atoms with Crippen LogP contribution in [0, 0.1) is 0 Å². The standard InChI is InChI=1S/C20H17N3O2/c1-13(24)23-11-9-14-12-15(7-8-19(14)23)20(25)22-18-6-2-5-17-16(18)4-3-10-21-17/h2-8,10,12H,9,11H2,1H3,(H,22,25). The van der Waals surface area contributed by atoms with Crippen LogP contribution in [0.25, 0.3) is 10.9 Å². The average molecular weight is 331 g/mol. The third-order valence-corrected chi connectivity index (χ3v) is 4.51. The van der Waals surface area contributed by atoms with Gasteiger partial charge in [0.1, 0.15) is 0 Å². The number of hydrogen-bond acceptors (Lipinski definition) is 3. The van der Waals surface area contributed by atoms with Gasteiger partial charge in [-0.1, -0.05) is 6.07 Å². The fraction of sp³-hybridized carbons (Fsp3) is 0.150. The third-order valence-electron chi connectivity index (χ3n) is 4.51. The van der Waals surface area contributed by atoms with Crippen LogP contribution >= 0.6 is 0 Å². The van der Waals surface area contributed by atoms with Crippen molar-refractivity contribution >= 4 is 34.1 Å². The Hall–Kier alpha value is -3.21. The maximum Gasteiger partial charge on any atom is 0.255 e. The van der Waals surface area contributed by atoms with Gasteiger partial charge >= 0.3 is 0 Å². The molecule has 1 aromatic heterocycles. The summed E-state index contributed by atoms with van der Waals surface area (Å²) in [6, 6.07) is 14.9. The van der Waals surface area contributed by atoms with Crippen LogP contribution in [-0.2, 0) is 11.2 Å². The van der Waals surface area contributed by atoms with Crippen LogP contribution in [-0.4, -0.2) is 23.3 Å². The van der Waals surface area contributed by atoms with Gasteiger partial charge in [-0.25, -0.2) is 0 Å². The number of anilines is 2. The number of amides is 2. The first-order chi connectivity index (χ1) is 12.1. The number of fused-ring (bicyclic) bond motifs is 2. The number of benzene rings is 2.